The van der Waals surface area contributed by atoms with Crippen molar-refractivity contribution < 1.29 is 4.79 Å². The van der Waals surface area contributed by atoms with Crippen LogP contribution in [0.25, 0.3) is 10.9 Å². The van der Waals surface area contributed by atoms with E-state index in [9.17, 15) is 9.59 Å². The minimum atomic E-state index is -0.505. The van der Waals surface area contributed by atoms with Crippen LogP contribution in [-0.4, -0.2) is 15.5 Å². The van der Waals surface area contributed by atoms with Gasteiger partial charge >= 0.3 is 0 Å². The molecular formula is C15H8ClIN2O2S. The van der Waals surface area contributed by atoms with Crippen molar-refractivity contribution in [3.05, 3.63) is 71.7 Å². The molecule has 1 aromatic heterocycles. The van der Waals surface area contributed by atoms with Gasteiger partial charge in [0.05, 0.1) is 10.9 Å². The van der Waals surface area contributed by atoms with E-state index in [-0.39, 0.29) is 4.77 Å². The van der Waals surface area contributed by atoms with E-state index >= 15 is 0 Å². The SMILES string of the molecule is O=C(c1cccc(Cl)c1)n1c(=S)[nH]c2ccc(I)cc2c1=O. The average Bonchev–Trinajstić information content (AvgIpc) is 2.48. The molecule has 7 heteroatoms. The quantitative estimate of drug-likeness (QED) is 0.458. The van der Waals surface area contributed by atoms with Gasteiger partial charge in [0.15, 0.2) is 4.77 Å². The van der Waals surface area contributed by atoms with Gasteiger partial charge in [-0.3, -0.25) is 9.59 Å². The molecule has 3 aromatic rings. The number of H-pyrrole nitrogens is 1. The van der Waals surface area contributed by atoms with Gasteiger partial charge in [-0.1, -0.05) is 17.7 Å². The Morgan fingerprint density at radius 2 is 2.00 bits per heavy atom. The maximum absolute atomic E-state index is 12.6. The van der Waals surface area contributed by atoms with Crippen molar-refractivity contribution in [2.24, 2.45) is 0 Å². The van der Waals surface area contributed by atoms with Crippen LogP contribution < -0.4 is 5.56 Å². The van der Waals surface area contributed by atoms with E-state index < -0.39 is 11.5 Å². The summed E-state index contributed by atoms with van der Waals surface area (Å²) in [5.41, 5.74) is 0.465. The lowest BCUT2D eigenvalue weighted by molar-refractivity contribution is 0.0953. The zero-order valence-corrected chi connectivity index (χ0v) is 14.7. The largest absolute Gasteiger partial charge is 0.331 e. The normalized spacial score (nSPS) is 10.8. The zero-order valence-electron chi connectivity index (χ0n) is 11.0. The smallest absolute Gasteiger partial charge is 0.269 e. The third-order valence-corrected chi connectivity index (χ3v) is 4.33. The van der Waals surface area contributed by atoms with E-state index in [1.54, 1.807) is 30.3 Å². The van der Waals surface area contributed by atoms with E-state index in [1.807, 2.05) is 6.07 Å². The predicted octanol–water partition coefficient (Wildman–Crippen LogP) is 4.01. The molecule has 0 saturated carbocycles. The highest BCUT2D eigenvalue weighted by Crippen LogP contribution is 2.14. The van der Waals surface area contributed by atoms with Crippen LogP contribution in [0.2, 0.25) is 5.02 Å². The van der Waals surface area contributed by atoms with Gasteiger partial charge in [-0.05, 0) is 71.2 Å². The molecule has 0 aliphatic heterocycles. The Morgan fingerprint density at radius 3 is 2.73 bits per heavy atom. The van der Waals surface area contributed by atoms with Crippen LogP contribution in [0, 0.1) is 8.34 Å². The lowest BCUT2D eigenvalue weighted by atomic mass is 10.2. The van der Waals surface area contributed by atoms with Crippen LogP contribution in [0.4, 0.5) is 0 Å². The zero-order chi connectivity index (χ0) is 15.9. The summed E-state index contributed by atoms with van der Waals surface area (Å²) in [5, 5.41) is 0.833. The number of hydrogen-bond acceptors (Lipinski definition) is 3. The van der Waals surface area contributed by atoms with Crippen molar-refractivity contribution in [3.63, 3.8) is 0 Å². The highest BCUT2D eigenvalue weighted by atomic mass is 127. The number of nitrogens with one attached hydrogen (secondary N) is 1. The Balaban J connectivity index is 2.29. The molecule has 0 bridgehead atoms. The van der Waals surface area contributed by atoms with E-state index in [2.05, 4.69) is 27.6 Å². The number of hydrogen-bond donors (Lipinski definition) is 1. The number of halogens is 2. The monoisotopic (exact) mass is 442 g/mol. The van der Waals surface area contributed by atoms with Crippen molar-refractivity contribution in [2.75, 3.05) is 0 Å². The standard InChI is InChI=1S/C15H8ClIN2O2S/c16-9-3-1-2-8(6-9)13(20)19-14(21)11-7-10(17)4-5-12(11)18-15(19)22/h1-7H,(H,18,22). The molecule has 0 atom stereocenters. The van der Waals surface area contributed by atoms with Crippen LogP contribution >= 0.6 is 46.4 Å². The first kappa shape index (κ1) is 15.4. The number of rotatable bonds is 1. The Bertz CT molecular complexity index is 1030. The van der Waals surface area contributed by atoms with Gasteiger partial charge in [-0.15, -0.1) is 0 Å². The van der Waals surface area contributed by atoms with Crippen LogP contribution in [0.15, 0.2) is 47.3 Å². The number of fused-ring (bicyclic) bond motifs is 1. The van der Waals surface area contributed by atoms with Crippen LogP contribution in [0.1, 0.15) is 10.4 Å². The van der Waals surface area contributed by atoms with Crippen molar-refractivity contribution in [2.45, 2.75) is 0 Å². The topological polar surface area (TPSA) is 54.9 Å². The predicted molar refractivity (Wildman–Crippen MR) is 97.3 cm³/mol. The Hall–Kier alpha value is -1.51. The fourth-order valence-corrected chi connectivity index (χ4v) is 3.08. The molecule has 22 heavy (non-hydrogen) atoms. The molecule has 0 spiro atoms. The first-order valence-electron chi connectivity index (χ1n) is 6.22. The molecule has 0 fully saturated rings. The minimum Gasteiger partial charge on any atom is -0.331 e. The van der Waals surface area contributed by atoms with E-state index in [0.29, 0.717) is 21.5 Å². The maximum atomic E-state index is 12.6. The Labute approximate surface area is 148 Å². The Morgan fingerprint density at radius 1 is 1.23 bits per heavy atom. The number of aromatic nitrogens is 2. The fraction of sp³-hybridized carbons (Fsp3) is 0. The molecule has 0 aliphatic carbocycles. The first-order chi connectivity index (χ1) is 10.5. The fourth-order valence-electron chi connectivity index (χ4n) is 2.12. The van der Waals surface area contributed by atoms with E-state index in [4.69, 9.17) is 23.8 Å². The summed E-state index contributed by atoms with van der Waals surface area (Å²) in [5.74, 6) is -0.505. The second-order valence-electron chi connectivity index (χ2n) is 4.58. The number of nitrogens with zero attached hydrogens (tertiary/aromatic N) is 1. The average molecular weight is 443 g/mol. The Kier molecular flexibility index (Phi) is 4.16. The van der Waals surface area contributed by atoms with Gasteiger partial charge in [-0.25, -0.2) is 4.57 Å². The van der Waals surface area contributed by atoms with Gasteiger partial charge in [0.25, 0.3) is 11.5 Å². The maximum Gasteiger partial charge on any atom is 0.269 e. The summed E-state index contributed by atoms with van der Waals surface area (Å²) in [6, 6.07) is 11.7. The highest BCUT2D eigenvalue weighted by molar-refractivity contribution is 14.1. The molecule has 0 aliphatic rings. The lowest BCUT2D eigenvalue weighted by Crippen LogP contribution is -2.29. The second-order valence-corrected chi connectivity index (χ2v) is 6.64. The molecule has 0 unspecified atom stereocenters. The van der Waals surface area contributed by atoms with Gasteiger partial charge in [0, 0.05) is 14.2 Å². The third-order valence-electron chi connectivity index (χ3n) is 3.13. The molecular weight excluding hydrogens is 435 g/mol. The summed E-state index contributed by atoms with van der Waals surface area (Å²) in [7, 11) is 0. The van der Waals surface area contributed by atoms with Crippen LogP contribution in [0.5, 0.6) is 0 Å². The van der Waals surface area contributed by atoms with Crippen molar-refractivity contribution in [3.8, 4) is 0 Å². The molecule has 0 amide bonds. The van der Waals surface area contributed by atoms with Gasteiger partial charge in [0.1, 0.15) is 0 Å². The van der Waals surface area contributed by atoms with Crippen LogP contribution in [-0.2, 0) is 0 Å². The molecule has 0 saturated heterocycles. The molecule has 2 aromatic carbocycles. The molecule has 110 valence electrons. The number of carbonyl (C=O) groups excluding carboxylic acids is 1. The molecule has 0 radical (unpaired) electrons. The number of aromatic amines is 1. The minimum absolute atomic E-state index is 0.0590. The van der Waals surface area contributed by atoms with Crippen LogP contribution in [0.3, 0.4) is 0 Å². The lowest BCUT2D eigenvalue weighted by Gasteiger charge is -2.07. The first-order valence-corrected chi connectivity index (χ1v) is 8.09. The van der Waals surface area contributed by atoms with E-state index in [0.717, 1.165) is 8.14 Å². The summed E-state index contributed by atoms with van der Waals surface area (Å²) in [6.07, 6.45) is 0. The molecule has 1 N–H and O–H groups in total. The van der Waals surface area contributed by atoms with Crippen molar-refractivity contribution >= 4 is 63.2 Å². The third kappa shape index (κ3) is 2.73. The molecule has 4 nitrogen and oxygen atoms in total. The molecule has 1 heterocycles. The second kappa shape index (κ2) is 5.94. The van der Waals surface area contributed by atoms with Crippen molar-refractivity contribution in [1.29, 1.82) is 0 Å². The number of carbonyl (C=O) groups is 1. The number of benzene rings is 2. The summed E-state index contributed by atoms with van der Waals surface area (Å²) in [6.45, 7) is 0. The van der Waals surface area contributed by atoms with Gasteiger partial charge in [-0.2, -0.15) is 0 Å². The molecule has 3 rings (SSSR count). The van der Waals surface area contributed by atoms with Gasteiger partial charge in [0.2, 0.25) is 0 Å². The van der Waals surface area contributed by atoms with E-state index in [1.165, 1.54) is 6.07 Å². The van der Waals surface area contributed by atoms with Crippen molar-refractivity contribution in [1.82, 2.24) is 9.55 Å². The van der Waals surface area contributed by atoms with Gasteiger partial charge < -0.3 is 4.98 Å². The highest BCUT2D eigenvalue weighted by Gasteiger charge is 2.15. The summed E-state index contributed by atoms with van der Waals surface area (Å²) in [4.78, 5) is 28.1. The summed E-state index contributed by atoms with van der Waals surface area (Å²) < 4.78 is 1.91. The summed E-state index contributed by atoms with van der Waals surface area (Å²) >= 11 is 13.2.